The summed E-state index contributed by atoms with van der Waals surface area (Å²) in [4.78, 5) is 10.2. The second-order valence-electron chi connectivity index (χ2n) is 1.73. The first-order valence-corrected chi connectivity index (χ1v) is 3.00. The van der Waals surface area contributed by atoms with E-state index in [1.165, 1.54) is 6.20 Å². The Labute approximate surface area is 63.9 Å². The summed E-state index contributed by atoms with van der Waals surface area (Å²) in [5.74, 6) is -1.16. The van der Waals surface area contributed by atoms with Crippen molar-refractivity contribution in [2.45, 2.75) is 0 Å². The van der Waals surface area contributed by atoms with Crippen molar-refractivity contribution in [1.82, 2.24) is 5.32 Å². The molecular weight excluding hydrogens is 148 g/mol. The Kier molecular flexibility index (Phi) is 4.76. The zero-order valence-corrected chi connectivity index (χ0v) is 5.87. The van der Waals surface area contributed by atoms with E-state index in [1.54, 1.807) is 0 Å². The van der Waals surface area contributed by atoms with Crippen molar-refractivity contribution < 1.29 is 15.0 Å². The molecule has 0 fully saturated rings. The Hall–Kier alpha value is -1.36. The van der Waals surface area contributed by atoms with Gasteiger partial charge in [0.15, 0.2) is 0 Å². The van der Waals surface area contributed by atoms with E-state index in [1.807, 2.05) is 0 Å². The molecule has 0 aromatic rings. The fourth-order valence-corrected chi connectivity index (χ4v) is 0.412. The van der Waals surface area contributed by atoms with Crippen LogP contribution in [0.1, 0.15) is 0 Å². The molecule has 0 amide bonds. The van der Waals surface area contributed by atoms with Crippen LogP contribution in [0.3, 0.4) is 0 Å². The topological polar surface area (TPSA) is 93.4 Å². The molecule has 5 nitrogen and oxygen atoms in total. The van der Waals surface area contributed by atoms with Crippen molar-refractivity contribution in [3.05, 3.63) is 11.8 Å². The van der Waals surface area contributed by atoms with E-state index >= 15 is 0 Å². The molecule has 0 spiro atoms. The van der Waals surface area contributed by atoms with Gasteiger partial charge in [-0.15, -0.1) is 0 Å². The van der Waals surface area contributed by atoms with Gasteiger partial charge >= 0.3 is 5.97 Å². The normalized spacial score (nSPS) is 10.8. The summed E-state index contributed by atoms with van der Waals surface area (Å²) in [6, 6.07) is 0. The molecule has 4 N–H and O–H groups in total. The molecule has 0 unspecified atom stereocenters. The van der Waals surface area contributed by atoms with E-state index in [0.29, 0.717) is 0 Å². The monoisotopic (exact) mass is 158 g/mol. The third-order valence-electron chi connectivity index (χ3n) is 0.916. The number of carbonyl (C=O) groups is 1. The largest absolute Gasteiger partial charge is 0.478 e. The second-order valence-corrected chi connectivity index (χ2v) is 1.73. The first-order valence-electron chi connectivity index (χ1n) is 3.00. The Morgan fingerprint density at radius 3 is 2.64 bits per heavy atom. The highest BCUT2D eigenvalue weighted by atomic mass is 16.4. The smallest absolute Gasteiger partial charge is 0.338 e. The summed E-state index contributed by atoms with van der Waals surface area (Å²) in [5.41, 5.74) is -0.140. The fourth-order valence-electron chi connectivity index (χ4n) is 0.412. The predicted molar refractivity (Wildman–Crippen MR) is 39.6 cm³/mol. The molecule has 0 atom stereocenters. The highest BCUT2D eigenvalue weighted by Gasteiger charge is 2.00. The number of aliphatic hydroxyl groups is 1. The minimum Gasteiger partial charge on any atom is -0.478 e. The quantitative estimate of drug-likeness (QED) is 0.239. The maximum atomic E-state index is 10.2. The molecule has 0 heterocycles. The number of hydrogen-bond acceptors (Lipinski definition) is 4. The van der Waals surface area contributed by atoms with Gasteiger partial charge < -0.3 is 20.9 Å². The van der Waals surface area contributed by atoms with Gasteiger partial charge in [0.1, 0.15) is 0 Å². The third-order valence-corrected chi connectivity index (χ3v) is 0.916. The van der Waals surface area contributed by atoms with Gasteiger partial charge in [0.25, 0.3) is 0 Å². The second kappa shape index (κ2) is 5.43. The van der Waals surface area contributed by atoms with Crippen LogP contribution in [0.4, 0.5) is 0 Å². The highest BCUT2D eigenvalue weighted by molar-refractivity contribution is 6.07. The van der Waals surface area contributed by atoms with E-state index in [-0.39, 0.29) is 18.7 Å². The predicted octanol–water partition coefficient (Wildman–Crippen LogP) is -0.814. The zero-order chi connectivity index (χ0) is 8.69. The molecule has 0 saturated carbocycles. The highest BCUT2D eigenvalue weighted by Crippen LogP contribution is 1.85. The van der Waals surface area contributed by atoms with E-state index in [4.69, 9.17) is 15.6 Å². The first-order chi connectivity index (χ1) is 5.22. The molecule has 0 aromatic heterocycles. The summed E-state index contributed by atoms with van der Waals surface area (Å²) in [5, 5.41) is 25.8. The van der Waals surface area contributed by atoms with Crippen LogP contribution in [0.5, 0.6) is 0 Å². The van der Waals surface area contributed by atoms with Crippen molar-refractivity contribution in [3.63, 3.8) is 0 Å². The average molecular weight is 158 g/mol. The molecule has 0 aliphatic heterocycles. The SMILES string of the molecule is N=C/C(=C\NCCO)C(=O)O. The van der Waals surface area contributed by atoms with Crippen molar-refractivity contribution in [2.75, 3.05) is 13.2 Å². The van der Waals surface area contributed by atoms with Gasteiger partial charge in [-0.05, 0) is 0 Å². The summed E-state index contributed by atoms with van der Waals surface area (Å²) in [6.07, 6.45) is 1.90. The Morgan fingerprint density at radius 1 is 1.64 bits per heavy atom. The lowest BCUT2D eigenvalue weighted by Crippen LogP contribution is -2.14. The molecule has 0 aliphatic carbocycles. The van der Waals surface area contributed by atoms with Gasteiger partial charge in [-0.1, -0.05) is 0 Å². The molecule has 0 rings (SSSR count). The van der Waals surface area contributed by atoms with E-state index in [2.05, 4.69) is 5.32 Å². The lowest BCUT2D eigenvalue weighted by atomic mass is 10.3. The summed E-state index contributed by atoms with van der Waals surface area (Å²) >= 11 is 0. The maximum Gasteiger partial charge on any atom is 0.338 e. The molecule has 0 radical (unpaired) electrons. The van der Waals surface area contributed by atoms with Crippen molar-refractivity contribution in [1.29, 1.82) is 5.41 Å². The van der Waals surface area contributed by atoms with E-state index in [0.717, 1.165) is 6.21 Å². The third kappa shape index (κ3) is 4.10. The van der Waals surface area contributed by atoms with Crippen LogP contribution in [-0.2, 0) is 4.79 Å². The standard InChI is InChI=1S/C6H10N2O3/c7-3-5(6(10)11)4-8-1-2-9/h3-4,7-9H,1-2H2,(H,10,11)/b5-4+,7-3?. The Balaban J connectivity index is 3.91. The van der Waals surface area contributed by atoms with E-state index < -0.39 is 5.97 Å². The molecule has 11 heavy (non-hydrogen) atoms. The number of aliphatic carboxylic acids is 1. The summed E-state index contributed by atoms with van der Waals surface area (Å²) in [6.45, 7) is 0.214. The van der Waals surface area contributed by atoms with Crippen LogP contribution in [0.25, 0.3) is 0 Å². The summed E-state index contributed by atoms with van der Waals surface area (Å²) in [7, 11) is 0. The number of nitrogens with one attached hydrogen (secondary N) is 2. The minimum atomic E-state index is -1.16. The lowest BCUT2D eigenvalue weighted by Gasteiger charge is -1.96. The number of rotatable bonds is 5. The molecule has 5 heteroatoms. The Bertz CT molecular complexity index is 177. The van der Waals surface area contributed by atoms with Gasteiger partial charge in [-0.3, -0.25) is 0 Å². The van der Waals surface area contributed by atoms with Crippen LogP contribution >= 0.6 is 0 Å². The number of carboxylic acids is 1. The molecular formula is C6H10N2O3. The van der Waals surface area contributed by atoms with Gasteiger partial charge in [0.05, 0.1) is 12.2 Å². The van der Waals surface area contributed by atoms with Crippen LogP contribution < -0.4 is 5.32 Å². The lowest BCUT2D eigenvalue weighted by molar-refractivity contribution is -0.132. The first kappa shape index (κ1) is 9.64. The molecule has 0 saturated heterocycles. The molecule has 0 aromatic carbocycles. The van der Waals surface area contributed by atoms with Gasteiger partial charge in [0.2, 0.25) is 0 Å². The van der Waals surface area contributed by atoms with Crippen molar-refractivity contribution in [3.8, 4) is 0 Å². The molecule has 0 bridgehead atoms. The molecule has 0 aliphatic rings. The number of carboxylic acid groups (broad SMARTS) is 1. The van der Waals surface area contributed by atoms with Gasteiger partial charge in [0, 0.05) is 19.0 Å². The van der Waals surface area contributed by atoms with Gasteiger partial charge in [-0.25, -0.2) is 4.79 Å². The number of aliphatic hydroxyl groups excluding tert-OH is 1. The minimum absolute atomic E-state index is 0.0681. The van der Waals surface area contributed by atoms with Crippen molar-refractivity contribution >= 4 is 12.2 Å². The van der Waals surface area contributed by atoms with Crippen LogP contribution in [0, 0.1) is 5.41 Å². The van der Waals surface area contributed by atoms with Crippen molar-refractivity contribution in [2.24, 2.45) is 0 Å². The maximum absolute atomic E-state index is 10.2. The van der Waals surface area contributed by atoms with Crippen LogP contribution in [0.2, 0.25) is 0 Å². The average Bonchev–Trinajstić information content (AvgIpc) is 1.97. The van der Waals surface area contributed by atoms with Gasteiger partial charge in [-0.2, -0.15) is 0 Å². The molecule has 62 valence electrons. The summed E-state index contributed by atoms with van der Waals surface area (Å²) < 4.78 is 0. The van der Waals surface area contributed by atoms with E-state index in [9.17, 15) is 4.79 Å². The Morgan fingerprint density at radius 2 is 2.27 bits per heavy atom. The fraction of sp³-hybridized carbons (Fsp3) is 0.333. The zero-order valence-electron chi connectivity index (χ0n) is 5.87. The number of hydrogen-bond donors (Lipinski definition) is 4. The van der Waals surface area contributed by atoms with Crippen LogP contribution in [-0.4, -0.2) is 35.5 Å². The van der Waals surface area contributed by atoms with Crippen LogP contribution in [0.15, 0.2) is 11.8 Å².